The Hall–Kier alpha value is -1.58. The largest absolute Gasteiger partial charge is 0.479 e. The van der Waals surface area contributed by atoms with Gasteiger partial charge in [0.1, 0.15) is 0 Å². The molecule has 0 fully saturated rings. The normalized spacial score (nSPS) is 9.09. The standard InChI is InChI=1S/C7H7NO3/c9-7(10)6-11-8-4-2-1-3-5-8/h1-5H,6H2/p+1. The molecule has 11 heavy (non-hydrogen) atoms. The van der Waals surface area contributed by atoms with Gasteiger partial charge in [0, 0.05) is 16.9 Å². The van der Waals surface area contributed by atoms with E-state index in [0.29, 0.717) is 0 Å². The van der Waals surface area contributed by atoms with Crippen LogP contribution in [0.15, 0.2) is 30.6 Å². The van der Waals surface area contributed by atoms with Crippen LogP contribution < -0.4 is 9.57 Å². The van der Waals surface area contributed by atoms with Crippen molar-refractivity contribution in [2.24, 2.45) is 0 Å². The summed E-state index contributed by atoms with van der Waals surface area (Å²) in [6.07, 6.45) is 3.26. The number of pyridine rings is 1. The van der Waals surface area contributed by atoms with Crippen LogP contribution in [0.25, 0.3) is 0 Å². The van der Waals surface area contributed by atoms with Crippen molar-refractivity contribution in [3.05, 3.63) is 30.6 Å². The van der Waals surface area contributed by atoms with E-state index < -0.39 is 5.97 Å². The number of nitrogens with zero attached hydrogens (tertiary/aromatic N) is 1. The fourth-order valence-electron chi connectivity index (χ4n) is 0.599. The first-order chi connectivity index (χ1) is 5.29. The summed E-state index contributed by atoms with van der Waals surface area (Å²) in [6, 6.07) is 5.32. The molecule has 0 unspecified atom stereocenters. The van der Waals surface area contributed by atoms with Crippen LogP contribution in [0.2, 0.25) is 0 Å². The van der Waals surface area contributed by atoms with Crippen molar-refractivity contribution in [2.45, 2.75) is 0 Å². The Kier molecular flexibility index (Phi) is 2.43. The van der Waals surface area contributed by atoms with E-state index in [4.69, 9.17) is 9.94 Å². The minimum absolute atomic E-state index is 0.325. The lowest BCUT2D eigenvalue weighted by atomic mass is 10.5. The SMILES string of the molecule is O=C(O)CO[n+]1ccccc1. The fraction of sp³-hybridized carbons (Fsp3) is 0.143. The number of rotatable bonds is 3. The first kappa shape index (κ1) is 7.53. The molecule has 1 rings (SSSR count). The highest BCUT2D eigenvalue weighted by Crippen LogP contribution is 1.74. The molecule has 1 aromatic rings. The minimum atomic E-state index is -0.985. The van der Waals surface area contributed by atoms with Crippen molar-refractivity contribution in [1.82, 2.24) is 0 Å². The van der Waals surface area contributed by atoms with E-state index in [0.717, 1.165) is 0 Å². The summed E-state index contributed by atoms with van der Waals surface area (Å²) in [7, 11) is 0. The summed E-state index contributed by atoms with van der Waals surface area (Å²) < 4.78 is 1.34. The van der Waals surface area contributed by atoms with Gasteiger partial charge in [-0.3, -0.25) is 4.84 Å². The average molecular weight is 154 g/mol. The molecular weight excluding hydrogens is 146 g/mol. The second-order valence-corrected chi connectivity index (χ2v) is 1.90. The first-order valence-electron chi connectivity index (χ1n) is 3.10. The van der Waals surface area contributed by atoms with E-state index in [1.54, 1.807) is 24.5 Å². The van der Waals surface area contributed by atoms with Crippen molar-refractivity contribution in [3.63, 3.8) is 0 Å². The lowest BCUT2D eigenvalue weighted by Gasteiger charge is -1.91. The summed E-state index contributed by atoms with van der Waals surface area (Å²) >= 11 is 0. The van der Waals surface area contributed by atoms with Crippen LogP contribution in [-0.2, 0) is 4.79 Å². The molecule has 4 heteroatoms. The first-order valence-corrected chi connectivity index (χ1v) is 3.10. The Labute approximate surface area is 63.6 Å². The third-order valence-electron chi connectivity index (χ3n) is 1.03. The Morgan fingerprint density at radius 1 is 1.36 bits per heavy atom. The number of hydrogen-bond donors (Lipinski definition) is 1. The molecule has 1 heterocycles. The van der Waals surface area contributed by atoms with Gasteiger partial charge in [0.05, 0.1) is 0 Å². The van der Waals surface area contributed by atoms with Gasteiger partial charge < -0.3 is 5.11 Å². The van der Waals surface area contributed by atoms with Crippen LogP contribution in [0.4, 0.5) is 0 Å². The number of aliphatic carboxylic acids is 1. The van der Waals surface area contributed by atoms with Crippen LogP contribution in [0.5, 0.6) is 0 Å². The van der Waals surface area contributed by atoms with Crippen molar-refractivity contribution < 1.29 is 19.5 Å². The van der Waals surface area contributed by atoms with Crippen LogP contribution in [-0.4, -0.2) is 17.7 Å². The van der Waals surface area contributed by atoms with E-state index in [1.165, 1.54) is 4.73 Å². The minimum Gasteiger partial charge on any atom is -0.479 e. The zero-order chi connectivity index (χ0) is 8.10. The molecule has 0 spiro atoms. The highest BCUT2D eigenvalue weighted by Gasteiger charge is 2.02. The molecule has 1 aromatic heterocycles. The van der Waals surface area contributed by atoms with Crippen LogP contribution >= 0.6 is 0 Å². The number of carboxylic acids is 1. The molecule has 0 saturated carbocycles. The summed E-state index contributed by atoms with van der Waals surface area (Å²) in [6.45, 7) is -0.325. The molecule has 0 aliphatic heterocycles. The molecule has 0 bridgehead atoms. The number of hydrogen-bond acceptors (Lipinski definition) is 2. The maximum absolute atomic E-state index is 10.0. The lowest BCUT2D eigenvalue weighted by Crippen LogP contribution is -2.43. The quantitative estimate of drug-likeness (QED) is 0.596. The number of carbonyl (C=O) groups is 1. The predicted octanol–water partition coefficient (Wildman–Crippen LogP) is -0.513. The molecule has 0 radical (unpaired) electrons. The summed E-state index contributed by atoms with van der Waals surface area (Å²) in [5.41, 5.74) is 0. The van der Waals surface area contributed by atoms with Gasteiger partial charge in [-0.2, -0.15) is 0 Å². The van der Waals surface area contributed by atoms with Crippen LogP contribution in [0.1, 0.15) is 0 Å². The topological polar surface area (TPSA) is 50.4 Å². The van der Waals surface area contributed by atoms with Gasteiger partial charge in [-0.05, 0) is 0 Å². The zero-order valence-electron chi connectivity index (χ0n) is 5.80. The Morgan fingerprint density at radius 3 is 2.55 bits per heavy atom. The van der Waals surface area contributed by atoms with E-state index in [1.807, 2.05) is 6.07 Å². The van der Waals surface area contributed by atoms with Crippen LogP contribution in [0, 0.1) is 0 Å². The average Bonchev–Trinajstić information content (AvgIpc) is 2.03. The van der Waals surface area contributed by atoms with E-state index in [9.17, 15) is 4.79 Å². The summed E-state index contributed by atoms with van der Waals surface area (Å²) in [4.78, 5) is 14.8. The highest BCUT2D eigenvalue weighted by atomic mass is 16.7. The molecule has 0 aliphatic carbocycles. The smallest absolute Gasteiger partial charge is 0.349 e. The Bertz CT molecular complexity index is 235. The van der Waals surface area contributed by atoms with Gasteiger partial charge in [0.15, 0.2) is 0 Å². The molecule has 0 aromatic carbocycles. The second kappa shape index (κ2) is 3.55. The predicted molar refractivity (Wildman–Crippen MR) is 35.7 cm³/mol. The molecule has 0 amide bonds. The van der Waals surface area contributed by atoms with Gasteiger partial charge in [0.2, 0.25) is 12.4 Å². The van der Waals surface area contributed by atoms with Gasteiger partial charge in [-0.1, -0.05) is 6.07 Å². The molecular formula is C7H8NO3+. The third-order valence-corrected chi connectivity index (χ3v) is 1.03. The number of carboxylic acid groups (broad SMARTS) is 1. The fourth-order valence-corrected chi connectivity index (χ4v) is 0.599. The van der Waals surface area contributed by atoms with E-state index in [-0.39, 0.29) is 6.61 Å². The molecule has 1 N–H and O–H groups in total. The third kappa shape index (κ3) is 2.66. The van der Waals surface area contributed by atoms with E-state index >= 15 is 0 Å². The Morgan fingerprint density at radius 2 is 2.00 bits per heavy atom. The molecule has 4 nitrogen and oxygen atoms in total. The van der Waals surface area contributed by atoms with Gasteiger partial charge in [-0.25, -0.2) is 4.79 Å². The number of aromatic nitrogens is 1. The molecule has 0 aliphatic rings. The van der Waals surface area contributed by atoms with Crippen LogP contribution in [0.3, 0.4) is 0 Å². The lowest BCUT2D eigenvalue weighted by molar-refractivity contribution is -0.889. The van der Waals surface area contributed by atoms with Gasteiger partial charge in [-0.15, -0.1) is 0 Å². The Balaban J connectivity index is 2.45. The van der Waals surface area contributed by atoms with Crippen molar-refractivity contribution in [2.75, 3.05) is 6.61 Å². The highest BCUT2D eigenvalue weighted by molar-refractivity contribution is 5.67. The van der Waals surface area contributed by atoms with Crippen molar-refractivity contribution >= 4 is 5.97 Å². The van der Waals surface area contributed by atoms with E-state index in [2.05, 4.69) is 0 Å². The van der Waals surface area contributed by atoms with Gasteiger partial charge >= 0.3 is 5.97 Å². The molecule has 0 saturated heterocycles. The van der Waals surface area contributed by atoms with Gasteiger partial charge in [0.25, 0.3) is 6.61 Å². The van der Waals surface area contributed by atoms with Crippen molar-refractivity contribution in [3.8, 4) is 0 Å². The monoisotopic (exact) mass is 154 g/mol. The maximum atomic E-state index is 10.0. The second-order valence-electron chi connectivity index (χ2n) is 1.90. The van der Waals surface area contributed by atoms with Crippen molar-refractivity contribution in [1.29, 1.82) is 0 Å². The maximum Gasteiger partial charge on any atom is 0.349 e. The molecule has 58 valence electrons. The molecule has 0 atom stereocenters. The summed E-state index contributed by atoms with van der Waals surface area (Å²) in [5, 5.41) is 8.24. The zero-order valence-corrected chi connectivity index (χ0v) is 5.80. The summed E-state index contributed by atoms with van der Waals surface area (Å²) in [5.74, 6) is -0.985.